The first-order valence-corrected chi connectivity index (χ1v) is 13.7. The zero-order valence-corrected chi connectivity index (χ0v) is 22.6. The SMILES string of the molecule is Cc1cc(-c2ccc(S(=O)(=O)N3CC[C@H](F)C3)cc2F)nc2cc(OCCNC(=O)OC(C)(C)C)ccc12. The van der Waals surface area contributed by atoms with Gasteiger partial charge in [0.25, 0.3) is 0 Å². The predicted octanol–water partition coefficient (Wildman–Crippen LogP) is 4.99. The number of rotatable bonds is 7. The van der Waals surface area contributed by atoms with Crippen molar-refractivity contribution in [1.82, 2.24) is 14.6 Å². The minimum atomic E-state index is -3.98. The zero-order valence-electron chi connectivity index (χ0n) is 21.8. The zero-order chi connectivity index (χ0) is 27.7. The van der Waals surface area contributed by atoms with E-state index in [1.165, 1.54) is 12.1 Å². The molecule has 4 rings (SSSR count). The van der Waals surface area contributed by atoms with E-state index in [1.807, 2.05) is 13.0 Å². The van der Waals surface area contributed by atoms with Crippen LogP contribution in [0.3, 0.4) is 0 Å². The van der Waals surface area contributed by atoms with Crippen molar-refractivity contribution in [1.29, 1.82) is 0 Å². The summed E-state index contributed by atoms with van der Waals surface area (Å²) in [6, 6.07) is 10.7. The van der Waals surface area contributed by atoms with Gasteiger partial charge in [-0.1, -0.05) is 0 Å². The Morgan fingerprint density at radius 2 is 1.95 bits per heavy atom. The normalized spacial score (nSPS) is 16.5. The average molecular weight is 548 g/mol. The Hall–Kier alpha value is -3.31. The molecule has 3 aromatic rings. The second-order valence-corrected chi connectivity index (χ2v) is 12.1. The summed E-state index contributed by atoms with van der Waals surface area (Å²) in [5.74, 6) is -0.222. The summed E-state index contributed by atoms with van der Waals surface area (Å²) in [6.07, 6.45) is -1.62. The topological polar surface area (TPSA) is 97.8 Å². The first kappa shape index (κ1) is 27.7. The number of ether oxygens (including phenoxy) is 2. The summed E-state index contributed by atoms with van der Waals surface area (Å²) >= 11 is 0. The number of aryl methyl sites for hydroxylation is 1. The van der Waals surface area contributed by atoms with Crippen LogP contribution in [0.25, 0.3) is 22.2 Å². The van der Waals surface area contributed by atoms with Crippen molar-refractivity contribution in [3.05, 3.63) is 53.8 Å². The van der Waals surface area contributed by atoms with Crippen LogP contribution in [-0.4, -0.2) is 61.8 Å². The van der Waals surface area contributed by atoms with Crippen LogP contribution >= 0.6 is 0 Å². The van der Waals surface area contributed by atoms with Gasteiger partial charge in [0.2, 0.25) is 10.0 Å². The smallest absolute Gasteiger partial charge is 0.407 e. The molecule has 0 aliphatic carbocycles. The van der Waals surface area contributed by atoms with Gasteiger partial charge in [0.15, 0.2) is 0 Å². The number of pyridine rings is 1. The number of fused-ring (bicyclic) bond motifs is 1. The molecule has 1 aromatic heterocycles. The number of alkyl halides is 1. The third-order valence-corrected chi connectivity index (χ3v) is 7.84. The molecule has 0 saturated carbocycles. The Labute approximate surface area is 221 Å². The van der Waals surface area contributed by atoms with E-state index in [0.717, 1.165) is 21.3 Å². The maximum atomic E-state index is 15.1. The number of carbonyl (C=O) groups excluding carboxylic acids is 1. The predicted molar refractivity (Wildman–Crippen MR) is 140 cm³/mol. The number of halogens is 2. The number of hydrogen-bond donors (Lipinski definition) is 1. The molecule has 38 heavy (non-hydrogen) atoms. The van der Waals surface area contributed by atoms with E-state index in [4.69, 9.17) is 9.47 Å². The number of sulfonamides is 1. The van der Waals surface area contributed by atoms with Crippen molar-refractivity contribution < 1.29 is 31.5 Å². The third-order valence-electron chi connectivity index (χ3n) is 5.97. The number of amides is 1. The minimum absolute atomic E-state index is 0.0692. The largest absolute Gasteiger partial charge is 0.492 e. The number of nitrogens with zero attached hydrogens (tertiary/aromatic N) is 2. The van der Waals surface area contributed by atoms with Gasteiger partial charge in [-0.05, 0) is 76.1 Å². The molecular weight excluding hydrogens is 516 g/mol. The molecule has 1 aliphatic heterocycles. The van der Waals surface area contributed by atoms with E-state index in [2.05, 4.69) is 10.3 Å². The number of aromatic nitrogens is 1. The molecule has 204 valence electrons. The lowest BCUT2D eigenvalue weighted by molar-refractivity contribution is 0.0520. The molecule has 0 radical (unpaired) electrons. The lowest BCUT2D eigenvalue weighted by atomic mass is 10.0. The van der Waals surface area contributed by atoms with E-state index in [9.17, 15) is 17.6 Å². The summed E-state index contributed by atoms with van der Waals surface area (Å²) in [4.78, 5) is 16.1. The first-order valence-electron chi connectivity index (χ1n) is 12.3. The molecule has 1 N–H and O–H groups in total. The fourth-order valence-corrected chi connectivity index (χ4v) is 5.66. The third kappa shape index (κ3) is 6.39. The molecular formula is C27H31F2N3O5S. The van der Waals surface area contributed by atoms with Crippen molar-refractivity contribution in [2.45, 2.75) is 50.8 Å². The molecule has 1 saturated heterocycles. The quantitative estimate of drug-likeness (QED) is 0.419. The van der Waals surface area contributed by atoms with Crippen molar-refractivity contribution in [3.8, 4) is 17.0 Å². The molecule has 1 aliphatic rings. The number of nitrogens with one attached hydrogen (secondary N) is 1. The molecule has 0 spiro atoms. The highest BCUT2D eigenvalue weighted by atomic mass is 32.2. The highest BCUT2D eigenvalue weighted by molar-refractivity contribution is 7.89. The van der Waals surface area contributed by atoms with Crippen LogP contribution < -0.4 is 10.1 Å². The minimum Gasteiger partial charge on any atom is -0.492 e. The molecule has 0 bridgehead atoms. The summed E-state index contributed by atoms with van der Waals surface area (Å²) in [7, 11) is -3.98. The molecule has 2 aromatic carbocycles. The van der Waals surface area contributed by atoms with Crippen LogP contribution in [0, 0.1) is 12.7 Å². The van der Waals surface area contributed by atoms with Gasteiger partial charge in [-0.2, -0.15) is 4.31 Å². The number of carbonyl (C=O) groups is 1. The lowest BCUT2D eigenvalue weighted by Crippen LogP contribution is -2.34. The van der Waals surface area contributed by atoms with Gasteiger partial charge in [0.05, 0.1) is 22.7 Å². The van der Waals surface area contributed by atoms with Gasteiger partial charge in [0.1, 0.15) is 29.9 Å². The number of alkyl carbamates (subject to hydrolysis) is 1. The fraction of sp³-hybridized carbons (Fsp3) is 0.407. The van der Waals surface area contributed by atoms with Gasteiger partial charge in [-0.3, -0.25) is 0 Å². The summed E-state index contributed by atoms with van der Waals surface area (Å²) in [5.41, 5.74) is 1.31. The Balaban J connectivity index is 1.51. The van der Waals surface area contributed by atoms with Crippen LogP contribution in [0.5, 0.6) is 5.75 Å². The van der Waals surface area contributed by atoms with Crippen molar-refractivity contribution >= 4 is 27.0 Å². The lowest BCUT2D eigenvalue weighted by Gasteiger charge is -2.19. The van der Waals surface area contributed by atoms with E-state index >= 15 is 4.39 Å². The van der Waals surface area contributed by atoms with E-state index in [1.54, 1.807) is 39.0 Å². The van der Waals surface area contributed by atoms with Gasteiger partial charge >= 0.3 is 6.09 Å². The van der Waals surface area contributed by atoms with Gasteiger partial charge in [-0.25, -0.2) is 27.0 Å². The summed E-state index contributed by atoms with van der Waals surface area (Å²) < 4.78 is 66.2. The fourth-order valence-electron chi connectivity index (χ4n) is 4.17. The first-order chi connectivity index (χ1) is 17.8. The van der Waals surface area contributed by atoms with E-state index in [0.29, 0.717) is 17.0 Å². The monoisotopic (exact) mass is 547 g/mol. The second-order valence-electron chi connectivity index (χ2n) is 10.2. The molecule has 8 nitrogen and oxygen atoms in total. The van der Waals surface area contributed by atoms with Crippen molar-refractivity contribution in [3.63, 3.8) is 0 Å². The van der Waals surface area contributed by atoms with E-state index in [-0.39, 0.29) is 43.1 Å². The maximum Gasteiger partial charge on any atom is 0.407 e. The van der Waals surface area contributed by atoms with Crippen molar-refractivity contribution in [2.75, 3.05) is 26.2 Å². The van der Waals surface area contributed by atoms with Crippen LogP contribution in [0.15, 0.2) is 47.4 Å². The van der Waals surface area contributed by atoms with Gasteiger partial charge in [0, 0.05) is 30.1 Å². The van der Waals surface area contributed by atoms with Crippen LogP contribution in [0.2, 0.25) is 0 Å². The highest BCUT2D eigenvalue weighted by Gasteiger charge is 2.33. The van der Waals surface area contributed by atoms with Crippen LogP contribution in [0.4, 0.5) is 13.6 Å². The molecule has 1 amide bonds. The number of benzene rings is 2. The number of hydrogen-bond acceptors (Lipinski definition) is 6. The van der Waals surface area contributed by atoms with Crippen LogP contribution in [-0.2, 0) is 14.8 Å². The summed E-state index contributed by atoms with van der Waals surface area (Å²) in [5, 5.41) is 3.47. The maximum absolute atomic E-state index is 15.1. The Bertz CT molecular complexity index is 1460. The Morgan fingerprint density at radius 1 is 1.18 bits per heavy atom. The standard InChI is InChI=1S/C27H31F2N3O5S/c1-17-13-24(22-8-6-20(15-23(22)29)38(34,35)32-11-9-18(28)16-32)31-25-14-19(5-7-21(17)25)36-12-10-30-26(33)37-27(2,3)4/h5-8,13-15,18H,9-12,16H2,1-4H3,(H,30,33)/t18-/m0/s1. The molecule has 11 heteroatoms. The second kappa shape index (κ2) is 10.8. The molecule has 0 unspecified atom stereocenters. The Kier molecular flexibility index (Phi) is 7.89. The molecule has 2 heterocycles. The Morgan fingerprint density at radius 3 is 2.61 bits per heavy atom. The van der Waals surface area contributed by atoms with Gasteiger partial charge in [-0.15, -0.1) is 0 Å². The molecule has 1 atom stereocenters. The van der Waals surface area contributed by atoms with Crippen molar-refractivity contribution in [2.24, 2.45) is 0 Å². The average Bonchev–Trinajstić information content (AvgIpc) is 3.27. The highest BCUT2D eigenvalue weighted by Crippen LogP contribution is 2.31. The van der Waals surface area contributed by atoms with E-state index < -0.39 is 33.7 Å². The molecule has 1 fully saturated rings. The van der Waals surface area contributed by atoms with Crippen LogP contribution in [0.1, 0.15) is 32.8 Å². The summed E-state index contributed by atoms with van der Waals surface area (Å²) in [6.45, 7) is 7.49. The van der Waals surface area contributed by atoms with Gasteiger partial charge < -0.3 is 14.8 Å².